The van der Waals surface area contributed by atoms with E-state index >= 15 is 0 Å². The number of ether oxygens (including phenoxy) is 8. The van der Waals surface area contributed by atoms with Gasteiger partial charge in [0, 0.05) is 103 Å². The minimum Gasteiger partial charge on any atom is -0.394 e. The zero-order chi connectivity index (χ0) is 59.7. The Kier molecular flexibility index (Phi) is 36.3. The van der Waals surface area contributed by atoms with E-state index in [1.165, 1.54) is 4.90 Å². The SMILES string of the molecule is CCCOCCOCCC(=O)NC(CCCCNC(=O)CCCCOC1OC(CO)C(O)C(O)C1C)C(=O)N(CCNC(=O)CCCCOC1OC(CO)C(O)C(O)C1C)CCNC(=O)CCCCOC1OC(CO)C(O)C(O)C1C. The van der Waals surface area contributed by atoms with E-state index in [-0.39, 0.29) is 109 Å². The van der Waals surface area contributed by atoms with E-state index in [2.05, 4.69) is 21.3 Å². The minimum atomic E-state index is -1.25. The number of amides is 5. The Labute approximate surface area is 476 Å². The van der Waals surface area contributed by atoms with E-state index in [0.29, 0.717) is 71.1 Å². The summed E-state index contributed by atoms with van der Waals surface area (Å²) >= 11 is 0. The third-order valence-corrected chi connectivity index (χ3v) is 14.6. The van der Waals surface area contributed by atoms with Gasteiger partial charge in [0.1, 0.15) is 42.7 Å². The van der Waals surface area contributed by atoms with Crippen LogP contribution in [0.1, 0.15) is 118 Å². The molecule has 5 amide bonds. The Balaban J connectivity index is 1.56. The van der Waals surface area contributed by atoms with Gasteiger partial charge in [0.2, 0.25) is 29.5 Å². The highest BCUT2D eigenvalue weighted by molar-refractivity contribution is 5.88. The summed E-state index contributed by atoms with van der Waals surface area (Å²) in [5, 5.41) is 101. The maximum Gasteiger partial charge on any atom is 0.245 e. The van der Waals surface area contributed by atoms with E-state index < -0.39 is 129 Å². The summed E-state index contributed by atoms with van der Waals surface area (Å²) < 4.78 is 45.1. The monoisotopic (exact) mass is 1170 g/mol. The molecule has 0 aromatic heterocycles. The molecule has 13 N–H and O–H groups in total. The van der Waals surface area contributed by atoms with Crippen LogP contribution in [0.15, 0.2) is 0 Å². The first kappa shape index (κ1) is 71.9. The highest BCUT2D eigenvalue weighted by atomic mass is 16.7. The number of hydrogen-bond donors (Lipinski definition) is 13. The second kappa shape index (κ2) is 40.8. The van der Waals surface area contributed by atoms with Crippen molar-refractivity contribution < 1.29 is 108 Å². The second-order valence-electron chi connectivity index (χ2n) is 21.1. The molecule has 3 rings (SSSR count). The lowest BCUT2D eigenvalue weighted by molar-refractivity contribution is -0.282. The fraction of sp³-hybridized carbons (Fsp3) is 0.907. The highest BCUT2D eigenvalue weighted by Gasteiger charge is 2.44. The molecule has 16 atom stereocenters. The quantitative estimate of drug-likeness (QED) is 0.0280. The molecular formula is C54H99N5O22. The maximum absolute atomic E-state index is 14.5. The van der Waals surface area contributed by atoms with Crippen LogP contribution in [0.5, 0.6) is 0 Å². The van der Waals surface area contributed by atoms with Gasteiger partial charge in [-0.2, -0.15) is 0 Å². The Morgan fingerprint density at radius 2 is 0.840 bits per heavy atom. The number of rotatable bonds is 42. The molecule has 0 aliphatic carbocycles. The number of nitrogens with zero attached hydrogens (tertiary/aromatic N) is 1. The molecule has 27 nitrogen and oxygen atoms in total. The molecule has 0 spiro atoms. The van der Waals surface area contributed by atoms with E-state index in [9.17, 15) is 69.9 Å². The zero-order valence-corrected chi connectivity index (χ0v) is 48.0. The fourth-order valence-corrected chi connectivity index (χ4v) is 9.33. The Hall–Kier alpha value is -3.33. The van der Waals surface area contributed by atoms with Gasteiger partial charge in [0.25, 0.3) is 0 Å². The van der Waals surface area contributed by atoms with Crippen molar-refractivity contribution in [3.63, 3.8) is 0 Å². The largest absolute Gasteiger partial charge is 0.394 e. The molecule has 81 heavy (non-hydrogen) atoms. The number of aliphatic hydroxyl groups is 9. The lowest BCUT2D eigenvalue weighted by Gasteiger charge is -2.40. The Morgan fingerprint density at radius 3 is 1.22 bits per heavy atom. The molecule has 0 bridgehead atoms. The zero-order valence-electron chi connectivity index (χ0n) is 48.0. The van der Waals surface area contributed by atoms with Gasteiger partial charge in [-0.25, -0.2) is 0 Å². The van der Waals surface area contributed by atoms with Gasteiger partial charge < -0.3 is 110 Å². The van der Waals surface area contributed by atoms with Crippen molar-refractivity contribution in [2.45, 2.75) is 197 Å². The Morgan fingerprint density at radius 1 is 0.457 bits per heavy atom. The van der Waals surface area contributed by atoms with E-state index in [4.69, 9.17) is 37.9 Å². The van der Waals surface area contributed by atoms with E-state index in [1.54, 1.807) is 20.8 Å². The van der Waals surface area contributed by atoms with Crippen LogP contribution in [0, 0.1) is 17.8 Å². The van der Waals surface area contributed by atoms with Crippen LogP contribution in [0.2, 0.25) is 0 Å². The van der Waals surface area contributed by atoms with Crippen molar-refractivity contribution in [1.29, 1.82) is 0 Å². The van der Waals surface area contributed by atoms with Gasteiger partial charge in [-0.3, -0.25) is 24.0 Å². The molecule has 0 radical (unpaired) electrons. The minimum absolute atomic E-state index is 0.0256. The highest BCUT2D eigenvalue weighted by Crippen LogP contribution is 2.29. The number of unbranched alkanes of at least 4 members (excludes halogenated alkanes) is 4. The van der Waals surface area contributed by atoms with Gasteiger partial charge in [-0.1, -0.05) is 27.7 Å². The third-order valence-electron chi connectivity index (χ3n) is 14.6. The third kappa shape index (κ3) is 26.2. The van der Waals surface area contributed by atoms with Crippen molar-refractivity contribution in [1.82, 2.24) is 26.2 Å². The molecule has 27 heteroatoms. The van der Waals surface area contributed by atoms with Gasteiger partial charge >= 0.3 is 0 Å². The summed E-state index contributed by atoms with van der Waals surface area (Å²) in [4.78, 5) is 68.0. The van der Waals surface area contributed by atoms with Crippen molar-refractivity contribution in [3.05, 3.63) is 0 Å². The van der Waals surface area contributed by atoms with Gasteiger partial charge in [0.15, 0.2) is 18.9 Å². The van der Waals surface area contributed by atoms with E-state index in [0.717, 1.165) is 6.42 Å². The molecule has 3 heterocycles. The van der Waals surface area contributed by atoms with Gasteiger partial charge in [-0.05, 0) is 64.2 Å². The number of carbonyl (C=O) groups excluding carboxylic acids is 5. The summed E-state index contributed by atoms with van der Waals surface area (Å²) in [6, 6.07) is -1.01. The summed E-state index contributed by atoms with van der Waals surface area (Å²) in [5.74, 6) is -3.32. The maximum atomic E-state index is 14.5. The van der Waals surface area contributed by atoms with Crippen molar-refractivity contribution >= 4 is 29.5 Å². The lowest BCUT2D eigenvalue weighted by atomic mass is 9.92. The number of nitrogens with one attached hydrogen (secondary N) is 4. The van der Waals surface area contributed by atoms with Crippen LogP contribution in [0.4, 0.5) is 0 Å². The number of hydrogen-bond acceptors (Lipinski definition) is 22. The summed E-state index contributed by atoms with van der Waals surface area (Å²) in [7, 11) is 0. The van der Waals surface area contributed by atoms with Crippen LogP contribution in [0.25, 0.3) is 0 Å². The molecule has 3 aliphatic heterocycles. The molecule has 0 aromatic rings. The fourth-order valence-electron chi connectivity index (χ4n) is 9.33. The molecule has 0 aromatic carbocycles. The predicted molar refractivity (Wildman–Crippen MR) is 288 cm³/mol. The first-order valence-electron chi connectivity index (χ1n) is 29.1. The molecule has 0 saturated carbocycles. The molecule has 3 fully saturated rings. The number of aliphatic hydroxyl groups excluding tert-OH is 9. The average Bonchev–Trinajstić information content (AvgIpc) is 3.45. The summed E-state index contributed by atoms with van der Waals surface area (Å²) in [5.41, 5.74) is 0. The van der Waals surface area contributed by atoms with Crippen LogP contribution >= 0.6 is 0 Å². The van der Waals surface area contributed by atoms with Crippen LogP contribution in [0.3, 0.4) is 0 Å². The van der Waals surface area contributed by atoms with Gasteiger partial charge in [-0.15, -0.1) is 0 Å². The van der Waals surface area contributed by atoms with Gasteiger partial charge in [0.05, 0.1) is 58.0 Å². The topological polar surface area (TPSA) is 393 Å². The molecule has 3 aliphatic rings. The average molecular weight is 1170 g/mol. The van der Waals surface area contributed by atoms with Crippen LogP contribution < -0.4 is 21.3 Å². The summed E-state index contributed by atoms with van der Waals surface area (Å²) in [6.45, 7) is 7.85. The smallest absolute Gasteiger partial charge is 0.245 e. The number of carbonyl (C=O) groups is 5. The van der Waals surface area contributed by atoms with Crippen LogP contribution in [-0.4, -0.2) is 259 Å². The first-order chi connectivity index (χ1) is 38.9. The molecular weight excluding hydrogens is 1070 g/mol. The standard InChI is InChI=1S/C54H99N5O22/c1-5-24-74-29-30-75-28-18-44(66)58-37(14-6-10-19-55-41(63)15-7-11-25-76-52-34(2)45(67)48(70)38(31-60)79-52)51(73)59(22-20-56-42(64)16-8-12-26-77-53-35(3)46(68)49(71)39(32-61)80-53)23-21-57-43(65)17-9-13-27-78-54-36(4)47(69)50(72)40(33-62)81-54/h34-40,45-50,52-54,60-62,67-72H,5-33H2,1-4H3,(H,55,63)(H,56,64)(H,57,65)(H,58,66). The predicted octanol–water partition coefficient (Wildman–Crippen LogP) is -2.56. The molecule has 472 valence electrons. The lowest BCUT2D eigenvalue weighted by Crippen LogP contribution is -2.55. The Bertz CT molecular complexity index is 1690. The van der Waals surface area contributed by atoms with E-state index in [1.807, 2.05) is 6.92 Å². The first-order valence-corrected chi connectivity index (χ1v) is 29.1. The van der Waals surface area contributed by atoms with Crippen molar-refractivity contribution in [2.75, 3.05) is 98.8 Å². The van der Waals surface area contributed by atoms with Crippen molar-refractivity contribution in [2.24, 2.45) is 17.8 Å². The normalized spacial score (nSPS) is 28.9. The van der Waals surface area contributed by atoms with Crippen molar-refractivity contribution in [3.8, 4) is 0 Å². The van der Waals surface area contributed by atoms with Crippen LogP contribution in [-0.2, 0) is 61.9 Å². The molecule has 16 unspecified atom stereocenters. The summed E-state index contributed by atoms with van der Waals surface area (Å²) in [6.07, 6.45) is -7.56. The second-order valence-corrected chi connectivity index (χ2v) is 21.1. The molecule has 3 saturated heterocycles.